The average Bonchev–Trinajstić information content (AvgIpc) is 2.53. The van der Waals surface area contributed by atoms with Gasteiger partial charge >= 0.3 is 0 Å². The first-order valence-corrected chi connectivity index (χ1v) is 6.82. The zero-order valence-electron chi connectivity index (χ0n) is 11.2. The lowest BCUT2D eigenvalue weighted by Gasteiger charge is -2.07. The zero-order chi connectivity index (χ0) is 14.4. The maximum Gasteiger partial charge on any atom is 0.251 e. The lowest BCUT2D eigenvalue weighted by atomic mass is 10.1. The number of halogens is 1. The topological polar surface area (TPSA) is 38.3 Å². The number of hydrogen-bond acceptors (Lipinski definition) is 2. The molecule has 0 radical (unpaired) electrons. The molecule has 1 amide bonds. The molecule has 2 aromatic rings. The fourth-order valence-electron chi connectivity index (χ4n) is 1.77. The molecule has 104 valence electrons. The number of hydrogen-bond donors (Lipinski definition) is 1. The number of carbonyl (C=O) groups excluding carboxylic acids is 1. The van der Waals surface area contributed by atoms with E-state index in [9.17, 15) is 4.79 Å². The van der Waals surface area contributed by atoms with Gasteiger partial charge in [0.1, 0.15) is 5.75 Å². The largest absolute Gasteiger partial charge is 0.497 e. The number of amides is 1. The normalized spacial score (nSPS) is 10.1. The molecule has 0 spiro atoms. The van der Waals surface area contributed by atoms with E-state index in [1.807, 2.05) is 24.3 Å². The van der Waals surface area contributed by atoms with Crippen LogP contribution in [0.4, 0.5) is 0 Å². The quantitative estimate of drug-likeness (QED) is 0.857. The van der Waals surface area contributed by atoms with Gasteiger partial charge < -0.3 is 10.1 Å². The number of benzene rings is 2. The van der Waals surface area contributed by atoms with Gasteiger partial charge in [0.05, 0.1) is 7.11 Å². The van der Waals surface area contributed by atoms with E-state index in [2.05, 4.69) is 5.32 Å². The van der Waals surface area contributed by atoms with E-state index >= 15 is 0 Å². The molecule has 0 bridgehead atoms. The molecule has 0 heterocycles. The van der Waals surface area contributed by atoms with Gasteiger partial charge in [-0.1, -0.05) is 24.3 Å². The summed E-state index contributed by atoms with van der Waals surface area (Å²) in [4.78, 5) is 12.0. The van der Waals surface area contributed by atoms with Gasteiger partial charge in [0.2, 0.25) is 0 Å². The van der Waals surface area contributed by atoms with Crippen LogP contribution in [0.2, 0.25) is 0 Å². The number of rotatable bonds is 5. The molecule has 20 heavy (non-hydrogen) atoms. The number of methoxy groups -OCH3 is 1. The molecule has 0 atom stereocenters. The van der Waals surface area contributed by atoms with Crippen LogP contribution in [0.1, 0.15) is 21.5 Å². The third-order valence-corrected chi connectivity index (χ3v) is 3.29. The SMILES string of the molecule is COc1ccc(C(=O)NCc2ccc(CCl)cc2)cc1. The summed E-state index contributed by atoms with van der Waals surface area (Å²) in [5, 5.41) is 2.88. The highest BCUT2D eigenvalue weighted by molar-refractivity contribution is 6.17. The molecule has 0 aliphatic heterocycles. The number of carbonyl (C=O) groups is 1. The smallest absolute Gasteiger partial charge is 0.251 e. The van der Waals surface area contributed by atoms with Crippen molar-refractivity contribution in [1.29, 1.82) is 0 Å². The minimum Gasteiger partial charge on any atom is -0.497 e. The highest BCUT2D eigenvalue weighted by Gasteiger charge is 2.05. The Kier molecular flexibility index (Phi) is 5.02. The van der Waals surface area contributed by atoms with Gasteiger partial charge in [0.15, 0.2) is 0 Å². The summed E-state index contributed by atoms with van der Waals surface area (Å²) in [7, 11) is 1.60. The van der Waals surface area contributed by atoms with Crippen LogP contribution in [-0.4, -0.2) is 13.0 Å². The summed E-state index contributed by atoms with van der Waals surface area (Å²) in [5.74, 6) is 1.13. The van der Waals surface area contributed by atoms with E-state index in [-0.39, 0.29) is 5.91 Å². The Hall–Kier alpha value is -2.00. The Bertz CT molecular complexity index is 564. The summed E-state index contributed by atoms with van der Waals surface area (Å²) in [5.41, 5.74) is 2.72. The Morgan fingerprint density at radius 1 is 1.05 bits per heavy atom. The molecule has 3 nitrogen and oxygen atoms in total. The van der Waals surface area contributed by atoms with E-state index in [0.717, 1.165) is 16.9 Å². The van der Waals surface area contributed by atoms with Crippen molar-refractivity contribution in [3.8, 4) is 5.75 Å². The molecule has 2 aromatic carbocycles. The van der Waals surface area contributed by atoms with Gasteiger partial charge in [0, 0.05) is 18.0 Å². The number of alkyl halides is 1. The molecule has 2 rings (SSSR count). The molecular weight excluding hydrogens is 274 g/mol. The van der Waals surface area contributed by atoms with Crippen LogP contribution in [0.5, 0.6) is 5.75 Å². The van der Waals surface area contributed by atoms with Gasteiger partial charge in [-0.3, -0.25) is 4.79 Å². The maximum atomic E-state index is 12.0. The molecule has 0 saturated carbocycles. The first-order chi connectivity index (χ1) is 9.72. The van der Waals surface area contributed by atoms with Crippen molar-refractivity contribution >= 4 is 17.5 Å². The summed E-state index contributed by atoms with van der Waals surface area (Å²) in [6.07, 6.45) is 0. The van der Waals surface area contributed by atoms with Gasteiger partial charge in [-0.15, -0.1) is 11.6 Å². The summed E-state index contributed by atoms with van der Waals surface area (Å²) < 4.78 is 5.06. The van der Waals surface area contributed by atoms with Crippen molar-refractivity contribution in [3.63, 3.8) is 0 Å². The fourth-order valence-corrected chi connectivity index (χ4v) is 1.95. The summed E-state index contributed by atoms with van der Waals surface area (Å²) in [6, 6.07) is 14.9. The Morgan fingerprint density at radius 3 is 2.20 bits per heavy atom. The molecule has 0 aromatic heterocycles. The zero-order valence-corrected chi connectivity index (χ0v) is 12.0. The van der Waals surface area contributed by atoms with Crippen LogP contribution in [0.25, 0.3) is 0 Å². The molecule has 4 heteroatoms. The van der Waals surface area contributed by atoms with E-state index < -0.39 is 0 Å². The van der Waals surface area contributed by atoms with Crippen LogP contribution in [0.15, 0.2) is 48.5 Å². The minimum absolute atomic E-state index is 0.103. The Morgan fingerprint density at radius 2 is 1.65 bits per heavy atom. The van der Waals surface area contributed by atoms with E-state index in [0.29, 0.717) is 18.0 Å². The lowest BCUT2D eigenvalue weighted by Crippen LogP contribution is -2.22. The van der Waals surface area contributed by atoms with Gasteiger partial charge in [0.25, 0.3) is 5.91 Å². The van der Waals surface area contributed by atoms with Gasteiger partial charge in [-0.2, -0.15) is 0 Å². The predicted molar refractivity (Wildman–Crippen MR) is 80.2 cm³/mol. The van der Waals surface area contributed by atoms with Gasteiger partial charge in [-0.25, -0.2) is 0 Å². The third kappa shape index (κ3) is 3.75. The third-order valence-electron chi connectivity index (χ3n) is 2.98. The molecular formula is C16H16ClNO2. The predicted octanol–water partition coefficient (Wildman–Crippen LogP) is 3.36. The van der Waals surface area contributed by atoms with Crippen molar-refractivity contribution in [1.82, 2.24) is 5.32 Å². The molecule has 0 aliphatic rings. The molecule has 0 fully saturated rings. The second-order valence-electron chi connectivity index (χ2n) is 4.36. The van der Waals surface area contributed by atoms with E-state index in [1.54, 1.807) is 31.4 Å². The lowest BCUT2D eigenvalue weighted by molar-refractivity contribution is 0.0951. The van der Waals surface area contributed by atoms with Crippen molar-refractivity contribution in [2.24, 2.45) is 0 Å². The molecule has 0 unspecified atom stereocenters. The van der Waals surface area contributed by atoms with E-state index in [1.165, 1.54) is 0 Å². The standard InChI is InChI=1S/C16H16ClNO2/c1-20-15-8-6-14(7-9-15)16(19)18-11-13-4-2-12(10-17)3-5-13/h2-9H,10-11H2,1H3,(H,18,19). The van der Waals surface area contributed by atoms with Crippen LogP contribution in [-0.2, 0) is 12.4 Å². The van der Waals surface area contributed by atoms with Crippen molar-refractivity contribution in [2.45, 2.75) is 12.4 Å². The molecule has 0 saturated heterocycles. The van der Waals surface area contributed by atoms with Crippen molar-refractivity contribution < 1.29 is 9.53 Å². The summed E-state index contributed by atoms with van der Waals surface area (Å²) in [6.45, 7) is 0.493. The second kappa shape index (κ2) is 6.96. The first kappa shape index (κ1) is 14.4. The minimum atomic E-state index is -0.103. The fraction of sp³-hybridized carbons (Fsp3) is 0.188. The summed E-state index contributed by atoms with van der Waals surface area (Å²) >= 11 is 5.73. The maximum absolute atomic E-state index is 12.0. The Balaban J connectivity index is 1.93. The number of nitrogens with one attached hydrogen (secondary N) is 1. The van der Waals surface area contributed by atoms with Crippen LogP contribution in [0.3, 0.4) is 0 Å². The second-order valence-corrected chi connectivity index (χ2v) is 4.63. The van der Waals surface area contributed by atoms with Crippen LogP contribution in [0, 0.1) is 0 Å². The van der Waals surface area contributed by atoms with Crippen LogP contribution < -0.4 is 10.1 Å². The van der Waals surface area contributed by atoms with E-state index in [4.69, 9.17) is 16.3 Å². The van der Waals surface area contributed by atoms with Crippen molar-refractivity contribution in [3.05, 3.63) is 65.2 Å². The van der Waals surface area contributed by atoms with Gasteiger partial charge in [-0.05, 0) is 35.4 Å². The molecule has 1 N–H and O–H groups in total. The van der Waals surface area contributed by atoms with Crippen molar-refractivity contribution in [2.75, 3.05) is 7.11 Å². The highest BCUT2D eigenvalue weighted by Crippen LogP contribution is 2.11. The first-order valence-electron chi connectivity index (χ1n) is 6.29. The number of ether oxygens (including phenoxy) is 1. The highest BCUT2D eigenvalue weighted by atomic mass is 35.5. The molecule has 0 aliphatic carbocycles. The monoisotopic (exact) mass is 289 g/mol. The van der Waals surface area contributed by atoms with Crippen LogP contribution >= 0.6 is 11.6 Å². The average molecular weight is 290 g/mol. The Labute approximate surface area is 123 Å².